The van der Waals surface area contributed by atoms with E-state index >= 15 is 0 Å². The van der Waals surface area contributed by atoms with Gasteiger partial charge in [0.2, 0.25) is 11.8 Å². The lowest BCUT2D eigenvalue weighted by Crippen LogP contribution is -2.52. The smallest absolute Gasteiger partial charge is 0.243 e. The fraction of sp³-hybridized carbons (Fsp3) is 0.286. The van der Waals surface area contributed by atoms with E-state index in [0.717, 1.165) is 5.56 Å². The normalized spacial score (nSPS) is 12.6. The molecule has 7 heteroatoms. The van der Waals surface area contributed by atoms with Crippen LogP contribution in [0.4, 0.5) is 8.78 Å². The zero-order chi connectivity index (χ0) is 25.4. The molecule has 0 aliphatic carbocycles. The molecule has 0 spiro atoms. The molecule has 0 unspecified atom stereocenters. The molecule has 184 valence electrons. The van der Waals surface area contributed by atoms with Crippen LogP contribution in [0.15, 0.2) is 72.8 Å². The van der Waals surface area contributed by atoms with Gasteiger partial charge in [0.15, 0.2) is 0 Å². The van der Waals surface area contributed by atoms with E-state index in [2.05, 4.69) is 5.32 Å². The molecule has 0 heterocycles. The van der Waals surface area contributed by atoms with Crippen LogP contribution in [0.1, 0.15) is 37.0 Å². The summed E-state index contributed by atoms with van der Waals surface area (Å²) in [6.45, 7) is 3.67. The Morgan fingerprint density at radius 3 is 2.26 bits per heavy atom. The standard InChI is InChI=1S/C28H29ClF2N2O2/c1-3-19(2)32-28(35)26(16-20-10-5-4-6-11-20)33(18-21-12-7-8-14-24(21)30)27(34)17-22-23(29)13-9-15-25(22)31/h4-15,19,26H,3,16-18H2,1-2H3,(H,32,35)/t19-,26-/m1/s1. The van der Waals surface area contributed by atoms with E-state index in [1.54, 1.807) is 18.2 Å². The average Bonchev–Trinajstić information content (AvgIpc) is 2.85. The highest BCUT2D eigenvalue weighted by Gasteiger charge is 2.32. The van der Waals surface area contributed by atoms with Crippen molar-refractivity contribution < 1.29 is 18.4 Å². The molecule has 0 aromatic heterocycles. The fourth-order valence-corrected chi connectivity index (χ4v) is 3.99. The molecule has 0 saturated heterocycles. The summed E-state index contributed by atoms with van der Waals surface area (Å²) in [6.07, 6.45) is 0.562. The molecule has 35 heavy (non-hydrogen) atoms. The van der Waals surface area contributed by atoms with E-state index in [0.29, 0.717) is 6.42 Å². The van der Waals surface area contributed by atoms with Gasteiger partial charge in [0.25, 0.3) is 0 Å². The van der Waals surface area contributed by atoms with Crippen LogP contribution in [-0.2, 0) is 29.0 Å². The van der Waals surface area contributed by atoms with Gasteiger partial charge < -0.3 is 10.2 Å². The third-order valence-corrected chi connectivity index (χ3v) is 6.31. The van der Waals surface area contributed by atoms with Crippen molar-refractivity contribution in [3.63, 3.8) is 0 Å². The number of carbonyl (C=O) groups excluding carboxylic acids is 2. The minimum atomic E-state index is -0.941. The second-order valence-electron chi connectivity index (χ2n) is 8.51. The van der Waals surface area contributed by atoms with Crippen LogP contribution >= 0.6 is 11.6 Å². The number of nitrogens with one attached hydrogen (secondary N) is 1. The van der Waals surface area contributed by atoms with Crippen molar-refractivity contribution in [1.82, 2.24) is 10.2 Å². The summed E-state index contributed by atoms with van der Waals surface area (Å²) in [5.41, 5.74) is 1.14. The Morgan fingerprint density at radius 2 is 1.60 bits per heavy atom. The lowest BCUT2D eigenvalue weighted by atomic mass is 10.0. The maximum Gasteiger partial charge on any atom is 0.243 e. The van der Waals surface area contributed by atoms with E-state index in [4.69, 9.17) is 11.6 Å². The third kappa shape index (κ3) is 7.12. The molecule has 4 nitrogen and oxygen atoms in total. The first-order valence-electron chi connectivity index (χ1n) is 11.6. The molecule has 0 bridgehead atoms. The molecule has 1 N–H and O–H groups in total. The van der Waals surface area contributed by atoms with E-state index in [1.165, 1.54) is 29.2 Å². The van der Waals surface area contributed by atoms with Crippen LogP contribution in [0.3, 0.4) is 0 Å². The second-order valence-corrected chi connectivity index (χ2v) is 8.92. The Labute approximate surface area is 209 Å². The Hall–Kier alpha value is -3.25. The summed E-state index contributed by atoms with van der Waals surface area (Å²) in [5.74, 6) is -1.98. The Bertz CT molecular complexity index is 1140. The molecule has 3 rings (SSSR count). The Morgan fingerprint density at radius 1 is 0.943 bits per heavy atom. The monoisotopic (exact) mass is 498 g/mol. The Kier molecular flexibility index (Phi) is 9.38. The van der Waals surface area contributed by atoms with Crippen molar-refractivity contribution >= 4 is 23.4 Å². The lowest BCUT2D eigenvalue weighted by Gasteiger charge is -2.32. The van der Waals surface area contributed by atoms with Crippen LogP contribution in [-0.4, -0.2) is 28.8 Å². The van der Waals surface area contributed by atoms with Crippen LogP contribution < -0.4 is 5.32 Å². The molecule has 0 aliphatic rings. The van der Waals surface area contributed by atoms with Gasteiger partial charge in [-0.3, -0.25) is 9.59 Å². The van der Waals surface area contributed by atoms with E-state index in [9.17, 15) is 18.4 Å². The highest BCUT2D eigenvalue weighted by molar-refractivity contribution is 6.31. The first-order valence-corrected chi connectivity index (χ1v) is 12.0. The zero-order valence-electron chi connectivity index (χ0n) is 19.8. The number of rotatable bonds is 10. The van der Waals surface area contributed by atoms with Crippen molar-refractivity contribution in [1.29, 1.82) is 0 Å². The fourth-order valence-electron chi connectivity index (χ4n) is 3.76. The summed E-state index contributed by atoms with van der Waals surface area (Å²) < 4.78 is 29.1. The van der Waals surface area contributed by atoms with Gasteiger partial charge in [-0.1, -0.05) is 73.1 Å². The molecule has 2 atom stereocenters. The van der Waals surface area contributed by atoms with Crippen molar-refractivity contribution in [3.8, 4) is 0 Å². The van der Waals surface area contributed by atoms with Gasteiger partial charge in [-0.15, -0.1) is 0 Å². The first-order chi connectivity index (χ1) is 16.8. The van der Waals surface area contributed by atoms with Crippen molar-refractivity contribution in [2.75, 3.05) is 0 Å². The number of hydrogen-bond donors (Lipinski definition) is 1. The molecule has 3 aromatic rings. The van der Waals surface area contributed by atoms with Crippen molar-refractivity contribution in [2.45, 2.75) is 51.7 Å². The number of halogens is 3. The second kappa shape index (κ2) is 12.5. The van der Waals surface area contributed by atoms with Gasteiger partial charge >= 0.3 is 0 Å². The first kappa shape index (κ1) is 26.4. The zero-order valence-corrected chi connectivity index (χ0v) is 20.6. The van der Waals surface area contributed by atoms with Crippen LogP contribution in [0, 0.1) is 11.6 Å². The van der Waals surface area contributed by atoms with Gasteiger partial charge in [0, 0.05) is 35.2 Å². The number of nitrogens with zero attached hydrogens (tertiary/aromatic N) is 1. The number of carbonyl (C=O) groups is 2. The summed E-state index contributed by atoms with van der Waals surface area (Å²) in [5, 5.41) is 3.06. The molecule has 0 saturated carbocycles. The molecule has 2 amide bonds. The summed E-state index contributed by atoms with van der Waals surface area (Å²) in [6, 6.07) is 18.5. The highest BCUT2D eigenvalue weighted by atomic mass is 35.5. The summed E-state index contributed by atoms with van der Waals surface area (Å²) >= 11 is 6.17. The minimum Gasteiger partial charge on any atom is -0.352 e. The molecular weight excluding hydrogens is 470 g/mol. The number of benzene rings is 3. The van der Waals surface area contributed by atoms with Gasteiger partial charge in [-0.2, -0.15) is 0 Å². The average molecular weight is 499 g/mol. The molecule has 0 fully saturated rings. The van der Waals surface area contributed by atoms with Crippen molar-refractivity contribution in [2.24, 2.45) is 0 Å². The van der Waals surface area contributed by atoms with Crippen LogP contribution in [0.25, 0.3) is 0 Å². The molecule has 3 aromatic carbocycles. The summed E-state index contributed by atoms with van der Waals surface area (Å²) in [7, 11) is 0. The predicted octanol–water partition coefficient (Wildman–Crippen LogP) is 5.72. The van der Waals surface area contributed by atoms with Crippen LogP contribution in [0.2, 0.25) is 5.02 Å². The van der Waals surface area contributed by atoms with E-state index in [-0.39, 0.29) is 47.5 Å². The lowest BCUT2D eigenvalue weighted by molar-refractivity contribution is -0.141. The van der Waals surface area contributed by atoms with Crippen molar-refractivity contribution in [3.05, 3.63) is 106 Å². The summed E-state index contributed by atoms with van der Waals surface area (Å²) in [4.78, 5) is 28.4. The Balaban J connectivity index is 2.02. The minimum absolute atomic E-state index is 0.0403. The van der Waals surface area contributed by atoms with Crippen LogP contribution in [0.5, 0.6) is 0 Å². The van der Waals surface area contributed by atoms with E-state index in [1.807, 2.05) is 44.2 Å². The third-order valence-electron chi connectivity index (χ3n) is 5.96. The van der Waals surface area contributed by atoms with E-state index < -0.39 is 23.6 Å². The highest BCUT2D eigenvalue weighted by Crippen LogP contribution is 2.23. The quantitative estimate of drug-likeness (QED) is 0.389. The van der Waals surface area contributed by atoms with Gasteiger partial charge in [0.1, 0.15) is 17.7 Å². The molecule has 0 aliphatic heterocycles. The molecular formula is C28H29ClF2N2O2. The predicted molar refractivity (Wildman–Crippen MR) is 134 cm³/mol. The van der Waals surface area contributed by atoms with Gasteiger partial charge in [-0.05, 0) is 37.1 Å². The maximum absolute atomic E-state index is 14.6. The number of hydrogen-bond acceptors (Lipinski definition) is 2. The molecule has 0 radical (unpaired) electrons. The van der Waals surface area contributed by atoms with Gasteiger partial charge in [0.05, 0.1) is 6.42 Å². The maximum atomic E-state index is 14.6. The van der Waals surface area contributed by atoms with Gasteiger partial charge in [-0.25, -0.2) is 8.78 Å². The SMILES string of the molecule is CC[C@@H](C)NC(=O)[C@@H](Cc1ccccc1)N(Cc1ccccc1F)C(=O)Cc1c(F)cccc1Cl. The topological polar surface area (TPSA) is 49.4 Å². The number of amides is 2. The largest absolute Gasteiger partial charge is 0.352 e.